The fourth-order valence-corrected chi connectivity index (χ4v) is 0. The Morgan fingerprint density at radius 3 is 2.00 bits per heavy atom. The molecule has 0 rings (SSSR count). The van der Waals surface area contributed by atoms with E-state index in [2.05, 4.69) is 11.5 Å². The van der Waals surface area contributed by atoms with E-state index in [9.17, 15) is 0 Å². The Bertz CT molecular complexity index is 71.7. The quantitative estimate of drug-likeness (QED) is 0.248. The topological polar surface area (TPSA) is 66.8 Å². The summed E-state index contributed by atoms with van der Waals surface area (Å²) < 4.78 is 15.8. The van der Waals surface area contributed by atoms with Gasteiger partial charge in [-0.3, -0.25) is 0 Å². The summed E-state index contributed by atoms with van der Waals surface area (Å²) >= 11 is -1.75. The zero-order valence-electron chi connectivity index (χ0n) is 4.42. The van der Waals surface area contributed by atoms with E-state index >= 15 is 0 Å². The number of allylic oxidation sites excluding steroid dienone is 1. The van der Waals surface area contributed by atoms with E-state index in [0.29, 0.717) is 5.76 Å². The van der Waals surface area contributed by atoms with Crippen LogP contribution in [0, 0.1) is 0 Å². The molecule has 0 unspecified atom stereocenters. The second-order valence-corrected chi connectivity index (χ2v) is 1.17. The van der Waals surface area contributed by atoms with Crippen LogP contribution in [-0.4, -0.2) is 8.95 Å². The first-order valence-electron chi connectivity index (χ1n) is 1.67. The molecule has 0 bridgehead atoms. The van der Waals surface area contributed by atoms with Crippen LogP contribution >= 0.6 is 0 Å². The molecule has 0 atom stereocenters. The molecule has 0 saturated carbocycles. The molecule has 4 nitrogen and oxygen atoms in total. The Kier molecular flexibility index (Phi) is 13.7. The average Bonchev–Trinajstić information content (AvgIpc) is 1.69. The Hall–Kier alpha value is -0.0257. The summed E-state index contributed by atoms with van der Waals surface area (Å²) in [6.07, 6.45) is 0. The molecule has 0 aromatic rings. The zero-order chi connectivity index (χ0) is 6.99. The van der Waals surface area contributed by atoms with Crippen LogP contribution < -0.4 is 0 Å². The molecule has 2 N–H and O–H groups in total. The fourth-order valence-electron chi connectivity index (χ4n) is 0. The van der Waals surface area contributed by atoms with Crippen molar-refractivity contribution in [2.45, 2.75) is 6.92 Å². The molecule has 0 aromatic carbocycles. The Morgan fingerprint density at radius 1 is 1.88 bits per heavy atom. The van der Waals surface area contributed by atoms with Crippen LogP contribution in [0.15, 0.2) is 12.3 Å². The molecule has 0 aliphatic heterocycles. The molecular weight excluding hydrogens is 148 g/mol. The van der Waals surface area contributed by atoms with E-state index in [4.69, 9.17) is 12.3 Å². The first-order valence-corrected chi connectivity index (χ1v) is 3.00. The third-order valence-electron chi connectivity index (χ3n) is 0.156. The molecule has 47 valence electrons. The van der Waals surface area contributed by atoms with E-state index in [1.54, 1.807) is 6.92 Å². The normalized spacial score (nSPS) is 5.38. The molecule has 0 saturated heterocycles. The minimum absolute atomic E-state index is 0.310. The van der Waals surface area contributed by atoms with Crippen molar-refractivity contribution in [2.75, 3.05) is 0 Å². The van der Waals surface area contributed by atoms with Crippen molar-refractivity contribution in [1.29, 1.82) is 0 Å². The summed E-state index contributed by atoms with van der Waals surface area (Å²) in [4.78, 5) is 3.56. The fraction of sp³-hybridized carbons (Fsp3) is 0.333. The summed E-state index contributed by atoms with van der Waals surface area (Å²) in [7, 11) is 0. The minimum atomic E-state index is -1.75. The predicted molar refractivity (Wildman–Crippen MR) is 21.4 cm³/mol. The van der Waals surface area contributed by atoms with Crippen LogP contribution in [0.3, 0.4) is 0 Å². The molecule has 0 fully saturated rings. The molecule has 0 aliphatic rings. The van der Waals surface area contributed by atoms with Gasteiger partial charge in [0.1, 0.15) is 5.76 Å². The molecule has 0 aliphatic carbocycles. The molecule has 8 heavy (non-hydrogen) atoms. The molecule has 0 radical (unpaired) electrons. The number of rotatable bonds is 1. The second kappa shape index (κ2) is 10.1. The van der Waals surface area contributed by atoms with Gasteiger partial charge in [-0.25, -0.2) is 5.26 Å². The van der Waals surface area contributed by atoms with Gasteiger partial charge >= 0.3 is 26.5 Å². The van der Waals surface area contributed by atoms with Crippen LogP contribution in [-0.2, 0) is 27.7 Å². The average molecular weight is 155 g/mol. The molecule has 0 amide bonds. The molecule has 0 aromatic heterocycles. The van der Waals surface area contributed by atoms with Gasteiger partial charge in [0.05, 0.1) is 0 Å². The van der Waals surface area contributed by atoms with Gasteiger partial charge in [0.2, 0.25) is 0 Å². The van der Waals surface area contributed by atoms with Crippen LogP contribution in [0.1, 0.15) is 6.92 Å². The third-order valence-corrected chi connectivity index (χ3v) is 0.156. The van der Waals surface area contributed by atoms with E-state index in [1.807, 2.05) is 0 Å². The molecule has 5 heteroatoms. The summed E-state index contributed by atoms with van der Waals surface area (Å²) in [5.74, 6) is 0.310. The molecule has 0 heterocycles. The third kappa shape index (κ3) is 37.9. The van der Waals surface area contributed by atoms with E-state index in [-0.39, 0.29) is 0 Å². The van der Waals surface area contributed by atoms with Crippen LogP contribution in [0.5, 0.6) is 0 Å². The maximum absolute atomic E-state index is 8.61. The summed E-state index contributed by atoms with van der Waals surface area (Å²) in [6, 6.07) is 0. The molecule has 0 spiro atoms. The van der Waals surface area contributed by atoms with Gasteiger partial charge in [-0.15, -0.1) is 0 Å². The first kappa shape index (κ1) is 10.9. The summed E-state index contributed by atoms with van der Waals surface area (Å²) in [5.41, 5.74) is 0. The SMILES string of the molecule is C=C(C)OO.[O]=[Ti][OH]. The van der Waals surface area contributed by atoms with Crippen molar-refractivity contribution >= 4 is 0 Å². The van der Waals surface area contributed by atoms with Gasteiger partial charge < -0.3 is 4.89 Å². The summed E-state index contributed by atoms with van der Waals surface area (Å²) in [6.45, 7) is 4.76. The first-order chi connectivity index (χ1) is 3.68. The van der Waals surface area contributed by atoms with Gasteiger partial charge in [-0.2, -0.15) is 0 Å². The maximum atomic E-state index is 8.61. The van der Waals surface area contributed by atoms with Crippen LogP contribution in [0.2, 0.25) is 0 Å². The van der Waals surface area contributed by atoms with Gasteiger partial charge in [0.15, 0.2) is 0 Å². The van der Waals surface area contributed by atoms with Crippen molar-refractivity contribution < 1.29 is 36.7 Å². The van der Waals surface area contributed by atoms with Crippen molar-refractivity contribution in [2.24, 2.45) is 0 Å². The van der Waals surface area contributed by atoms with Crippen molar-refractivity contribution in [3.8, 4) is 0 Å². The number of hydrogen-bond donors (Lipinski definition) is 2. The predicted octanol–water partition coefficient (Wildman–Crippen LogP) is 0.331. The van der Waals surface area contributed by atoms with Crippen molar-refractivity contribution in [3.63, 3.8) is 0 Å². The Balaban J connectivity index is 0. The van der Waals surface area contributed by atoms with Gasteiger partial charge in [-0.1, -0.05) is 6.58 Å². The van der Waals surface area contributed by atoms with Gasteiger partial charge in [0, 0.05) is 0 Å². The Morgan fingerprint density at radius 2 is 2.00 bits per heavy atom. The van der Waals surface area contributed by atoms with E-state index < -0.39 is 19.5 Å². The van der Waals surface area contributed by atoms with Crippen LogP contribution in [0.4, 0.5) is 0 Å². The van der Waals surface area contributed by atoms with Gasteiger partial charge in [0.25, 0.3) is 0 Å². The standard InChI is InChI=1S/C3H6O2.H2O.O.Ti/c1-3(2)5-4;;;/h4H,1H2,2H3;1H2;;/q;;;+1/p-1. The zero-order valence-corrected chi connectivity index (χ0v) is 5.98. The Labute approximate surface area is 56.4 Å². The molecular formula is C3H7O4Ti. The monoisotopic (exact) mass is 155 g/mol. The number of hydrogen-bond acceptors (Lipinski definition) is 3. The van der Waals surface area contributed by atoms with Crippen molar-refractivity contribution in [3.05, 3.63) is 12.3 Å². The van der Waals surface area contributed by atoms with E-state index in [1.165, 1.54) is 0 Å². The second-order valence-electron chi connectivity index (χ2n) is 0.885. The van der Waals surface area contributed by atoms with Crippen molar-refractivity contribution in [1.82, 2.24) is 0 Å². The van der Waals surface area contributed by atoms with Gasteiger partial charge in [-0.05, 0) is 6.92 Å². The van der Waals surface area contributed by atoms with Crippen LogP contribution in [0.25, 0.3) is 0 Å². The van der Waals surface area contributed by atoms with E-state index in [0.717, 1.165) is 0 Å². The summed E-state index contributed by atoms with van der Waals surface area (Å²) in [5, 5.41) is 7.54.